The Bertz CT molecular complexity index is 258. The summed E-state index contributed by atoms with van der Waals surface area (Å²) in [6.45, 7) is 0. The van der Waals surface area contributed by atoms with Crippen molar-refractivity contribution < 1.29 is 0 Å². The molecule has 0 saturated heterocycles. The molecule has 3 N–H and O–H groups in total. The summed E-state index contributed by atoms with van der Waals surface area (Å²) in [4.78, 5) is 0. The molecule has 10 heavy (non-hydrogen) atoms. The van der Waals surface area contributed by atoms with Gasteiger partial charge in [0.05, 0.1) is 0 Å². The first-order chi connectivity index (χ1) is 4.74. The molecule has 0 fully saturated rings. The number of rotatable bonds is 1. The van der Waals surface area contributed by atoms with Gasteiger partial charge in [0.25, 0.3) is 0 Å². The van der Waals surface area contributed by atoms with Crippen molar-refractivity contribution in [2.45, 2.75) is 0 Å². The number of nitrogens with two attached hydrogens (primary N) is 1. The summed E-state index contributed by atoms with van der Waals surface area (Å²) < 4.78 is 0. The third-order valence-corrected chi connectivity index (χ3v) is 1.40. The van der Waals surface area contributed by atoms with E-state index in [0.29, 0.717) is 5.69 Å². The molecule has 2 nitrogen and oxygen atoms in total. The van der Waals surface area contributed by atoms with Gasteiger partial charge in [-0.1, -0.05) is 17.6 Å². The van der Waals surface area contributed by atoms with E-state index < -0.39 is 0 Å². The molecule has 0 spiro atoms. The fourth-order valence-electron chi connectivity index (χ4n) is 0.819. The summed E-state index contributed by atoms with van der Waals surface area (Å²) in [5.74, 6) is 0. The van der Waals surface area contributed by atoms with Gasteiger partial charge in [-0.05, 0) is 6.07 Å². The maximum Gasteiger partial charge on any atom is 0.139 e. The van der Waals surface area contributed by atoms with E-state index in [2.05, 4.69) is 0 Å². The first kappa shape index (κ1) is 6.87. The molecule has 0 radical (unpaired) electrons. The van der Waals surface area contributed by atoms with Crippen LogP contribution in [0.25, 0.3) is 0 Å². The van der Waals surface area contributed by atoms with Crippen LogP contribution in [0.2, 0.25) is 0 Å². The Labute approximate surface area is 61.0 Å². The molecule has 1 aromatic rings. The Balaban J connectivity index is 3.21. The molecule has 1 aromatic carbocycles. The summed E-state index contributed by atoms with van der Waals surface area (Å²) in [6, 6.07) is 5.64. The SMILES string of the molecule is Bc1ccc(N)c(C=N)c1. The van der Waals surface area contributed by atoms with E-state index in [1.165, 1.54) is 6.21 Å². The molecule has 0 amide bonds. The summed E-state index contributed by atoms with van der Waals surface area (Å²) in [5, 5.41) is 6.98. The Morgan fingerprint density at radius 3 is 2.70 bits per heavy atom. The first-order valence-corrected chi connectivity index (χ1v) is 3.10. The van der Waals surface area contributed by atoms with Gasteiger partial charge in [0.15, 0.2) is 0 Å². The molecule has 0 bridgehead atoms. The minimum Gasteiger partial charge on any atom is -0.398 e. The molecular formula is C7H9BN2. The number of nitrogens with one attached hydrogen (secondary N) is 1. The quantitative estimate of drug-likeness (QED) is 0.302. The summed E-state index contributed by atoms with van der Waals surface area (Å²) in [7, 11) is 1.98. The molecule has 0 heterocycles. The van der Waals surface area contributed by atoms with E-state index in [1.54, 1.807) is 0 Å². The van der Waals surface area contributed by atoms with Crippen LogP contribution in [0.4, 0.5) is 5.69 Å². The topological polar surface area (TPSA) is 49.9 Å². The average Bonchev–Trinajstić information content (AvgIpc) is 1.94. The van der Waals surface area contributed by atoms with E-state index in [-0.39, 0.29) is 0 Å². The molecule has 0 unspecified atom stereocenters. The van der Waals surface area contributed by atoms with Gasteiger partial charge in [-0.3, -0.25) is 0 Å². The van der Waals surface area contributed by atoms with Crippen LogP contribution in [-0.4, -0.2) is 14.1 Å². The molecule has 0 atom stereocenters. The molecule has 0 aliphatic carbocycles. The Morgan fingerprint density at radius 1 is 1.50 bits per heavy atom. The molecule has 0 aliphatic rings. The van der Waals surface area contributed by atoms with Gasteiger partial charge in [-0.2, -0.15) is 0 Å². The lowest BCUT2D eigenvalue weighted by atomic mass is 9.94. The third-order valence-electron chi connectivity index (χ3n) is 1.40. The lowest BCUT2D eigenvalue weighted by Gasteiger charge is -1.98. The predicted octanol–water partition coefficient (Wildman–Crippen LogP) is -0.475. The van der Waals surface area contributed by atoms with Gasteiger partial charge in [0.2, 0.25) is 0 Å². The minimum atomic E-state index is 0.667. The van der Waals surface area contributed by atoms with Gasteiger partial charge in [0.1, 0.15) is 7.85 Å². The highest BCUT2D eigenvalue weighted by Crippen LogP contribution is 2.04. The second-order valence-corrected chi connectivity index (χ2v) is 2.28. The van der Waals surface area contributed by atoms with Gasteiger partial charge >= 0.3 is 0 Å². The van der Waals surface area contributed by atoms with Crippen LogP contribution >= 0.6 is 0 Å². The molecule has 3 heteroatoms. The smallest absolute Gasteiger partial charge is 0.139 e. The van der Waals surface area contributed by atoms with Crippen molar-refractivity contribution in [2.75, 3.05) is 5.73 Å². The maximum absolute atomic E-state index is 6.98. The van der Waals surface area contributed by atoms with Crippen molar-refractivity contribution in [2.24, 2.45) is 0 Å². The van der Waals surface area contributed by atoms with E-state index in [4.69, 9.17) is 11.1 Å². The van der Waals surface area contributed by atoms with Crippen molar-refractivity contribution in [3.8, 4) is 0 Å². The van der Waals surface area contributed by atoms with Crippen molar-refractivity contribution >= 4 is 25.2 Å². The zero-order chi connectivity index (χ0) is 7.56. The predicted molar refractivity (Wildman–Crippen MR) is 46.9 cm³/mol. The monoisotopic (exact) mass is 132 g/mol. The van der Waals surface area contributed by atoms with E-state index in [1.807, 2.05) is 26.0 Å². The fourth-order valence-corrected chi connectivity index (χ4v) is 0.819. The van der Waals surface area contributed by atoms with Gasteiger partial charge < -0.3 is 11.1 Å². The molecule has 0 aromatic heterocycles. The lowest BCUT2D eigenvalue weighted by Crippen LogP contribution is -2.04. The van der Waals surface area contributed by atoms with E-state index >= 15 is 0 Å². The number of benzene rings is 1. The van der Waals surface area contributed by atoms with Crippen molar-refractivity contribution in [3.63, 3.8) is 0 Å². The zero-order valence-electron chi connectivity index (χ0n) is 5.89. The van der Waals surface area contributed by atoms with Crippen molar-refractivity contribution in [3.05, 3.63) is 23.8 Å². The lowest BCUT2D eigenvalue weighted by molar-refractivity contribution is 1.54. The summed E-state index contributed by atoms with van der Waals surface area (Å²) in [6.07, 6.45) is 1.27. The van der Waals surface area contributed by atoms with Crippen molar-refractivity contribution in [1.29, 1.82) is 5.41 Å². The highest BCUT2D eigenvalue weighted by molar-refractivity contribution is 6.32. The summed E-state index contributed by atoms with van der Waals surface area (Å²) in [5.41, 5.74) is 8.14. The number of hydrogen-bond acceptors (Lipinski definition) is 2. The van der Waals surface area contributed by atoms with Crippen LogP contribution in [0.3, 0.4) is 0 Å². The Hall–Kier alpha value is -1.25. The van der Waals surface area contributed by atoms with Crippen LogP contribution in [0.5, 0.6) is 0 Å². The molecule has 0 saturated carbocycles. The summed E-state index contributed by atoms with van der Waals surface area (Å²) >= 11 is 0. The number of nitrogen functional groups attached to an aromatic ring is 1. The maximum atomic E-state index is 6.98. The second-order valence-electron chi connectivity index (χ2n) is 2.28. The largest absolute Gasteiger partial charge is 0.398 e. The Kier molecular flexibility index (Phi) is 1.76. The standard InChI is InChI=1S/C7H9BN2/c8-6-1-2-7(10)5(3-6)4-9/h1-4,9H,8,10H2. The van der Waals surface area contributed by atoms with E-state index in [9.17, 15) is 0 Å². The second kappa shape index (κ2) is 2.56. The molecular weight excluding hydrogens is 123 g/mol. The average molecular weight is 132 g/mol. The minimum absolute atomic E-state index is 0.667. The van der Waals surface area contributed by atoms with Crippen LogP contribution < -0.4 is 11.2 Å². The van der Waals surface area contributed by atoms with Gasteiger partial charge in [-0.25, -0.2) is 0 Å². The zero-order valence-corrected chi connectivity index (χ0v) is 5.89. The van der Waals surface area contributed by atoms with Crippen molar-refractivity contribution in [1.82, 2.24) is 0 Å². The molecule has 50 valence electrons. The van der Waals surface area contributed by atoms with E-state index in [0.717, 1.165) is 11.0 Å². The Morgan fingerprint density at radius 2 is 2.20 bits per heavy atom. The highest BCUT2D eigenvalue weighted by atomic mass is 14.6. The number of anilines is 1. The van der Waals surface area contributed by atoms with Gasteiger partial charge in [0, 0.05) is 17.5 Å². The normalized spacial score (nSPS) is 9.20. The number of hydrogen-bond donors (Lipinski definition) is 2. The van der Waals surface area contributed by atoms with Crippen LogP contribution in [0.1, 0.15) is 5.56 Å². The van der Waals surface area contributed by atoms with Crippen LogP contribution in [0, 0.1) is 5.41 Å². The fraction of sp³-hybridized carbons (Fsp3) is 0. The molecule has 0 aliphatic heterocycles. The third kappa shape index (κ3) is 1.18. The molecule has 1 rings (SSSR count). The van der Waals surface area contributed by atoms with Crippen LogP contribution in [-0.2, 0) is 0 Å². The highest BCUT2D eigenvalue weighted by Gasteiger charge is 1.93. The van der Waals surface area contributed by atoms with Crippen LogP contribution in [0.15, 0.2) is 18.2 Å². The van der Waals surface area contributed by atoms with Gasteiger partial charge in [-0.15, -0.1) is 0 Å². The first-order valence-electron chi connectivity index (χ1n) is 3.10.